The van der Waals surface area contributed by atoms with E-state index < -0.39 is 0 Å². The van der Waals surface area contributed by atoms with Gasteiger partial charge >= 0.3 is 0 Å². The molecule has 0 saturated carbocycles. The second kappa shape index (κ2) is 3.93. The number of para-hydroxylation sites is 1. The fraction of sp³-hybridized carbons (Fsp3) is 0.167. The summed E-state index contributed by atoms with van der Waals surface area (Å²) in [5.74, 6) is 0. The van der Waals surface area contributed by atoms with Crippen molar-refractivity contribution in [2.45, 2.75) is 11.8 Å². The van der Waals surface area contributed by atoms with E-state index in [-0.39, 0.29) is 0 Å². The van der Waals surface area contributed by atoms with Gasteiger partial charge in [0.1, 0.15) is 0 Å². The van der Waals surface area contributed by atoms with Crippen molar-refractivity contribution in [1.29, 1.82) is 0 Å². The fourth-order valence-electron chi connectivity index (χ4n) is 1.59. The Balaban J connectivity index is 2.42. The lowest BCUT2D eigenvalue weighted by atomic mass is 10.3. The number of allylic oxidation sites excluding steroid dienone is 1. The molecule has 0 atom stereocenters. The molecule has 0 fully saturated rings. The highest BCUT2D eigenvalue weighted by Gasteiger charge is 2.22. The first-order chi connectivity index (χ1) is 6.86. The van der Waals surface area contributed by atoms with Crippen LogP contribution in [0, 0.1) is 0 Å². The quantitative estimate of drug-likeness (QED) is 0.675. The summed E-state index contributed by atoms with van der Waals surface area (Å²) in [6.45, 7) is 6.74. The lowest BCUT2D eigenvalue weighted by Crippen LogP contribution is -2.16. The lowest BCUT2D eigenvalue weighted by Gasteiger charge is -2.17. The summed E-state index contributed by atoms with van der Waals surface area (Å²) in [6.07, 6.45) is 4.08. The monoisotopic (exact) mass is 203 g/mol. The van der Waals surface area contributed by atoms with Gasteiger partial charge < -0.3 is 4.90 Å². The number of benzene rings is 1. The van der Waals surface area contributed by atoms with Gasteiger partial charge in [0.2, 0.25) is 0 Å². The highest BCUT2D eigenvalue weighted by molar-refractivity contribution is 8.03. The molecule has 0 spiro atoms. The van der Waals surface area contributed by atoms with Gasteiger partial charge in [-0.05, 0) is 19.1 Å². The molecule has 1 aromatic rings. The predicted molar refractivity (Wildman–Crippen MR) is 63.6 cm³/mol. The lowest BCUT2D eigenvalue weighted by molar-refractivity contribution is 1.07. The van der Waals surface area contributed by atoms with Crippen LogP contribution in [0.1, 0.15) is 6.92 Å². The molecule has 0 amide bonds. The minimum atomic E-state index is 0.879. The Morgan fingerprint density at radius 2 is 2.21 bits per heavy atom. The minimum Gasteiger partial charge on any atom is -0.331 e. The maximum absolute atomic E-state index is 3.79. The van der Waals surface area contributed by atoms with Gasteiger partial charge in [-0.3, -0.25) is 0 Å². The van der Waals surface area contributed by atoms with Gasteiger partial charge in [0.15, 0.2) is 0 Å². The maximum atomic E-state index is 3.79. The van der Waals surface area contributed by atoms with Crippen molar-refractivity contribution in [3.05, 3.63) is 48.0 Å². The van der Waals surface area contributed by atoms with Crippen LogP contribution in [-0.2, 0) is 0 Å². The molecule has 1 nitrogen and oxygen atoms in total. The molecule has 14 heavy (non-hydrogen) atoms. The molecular weight excluding hydrogens is 190 g/mol. The average molecular weight is 203 g/mol. The van der Waals surface area contributed by atoms with Crippen LogP contribution in [0.3, 0.4) is 0 Å². The number of rotatable bonds is 2. The smallest absolute Gasteiger partial charge is 0.0761 e. The third-order valence-corrected chi connectivity index (χ3v) is 3.43. The molecule has 1 heterocycles. The summed E-state index contributed by atoms with van der Waals surface area (Å²) in [5, 5.41) is 1.30. The van der Waals surface area contributed by atoms with Crippen LogP contribution in [0.2, 0.25) is 0 Å². The molecule has 1 aliphatic heterocycles. The van der Waals surface area contributed by atoms with Crippen LogP contribution >= 0.6 is 11.8 Å². The van der Waals surface area contributed by atoms with E-state index in [0.29, 0.717) is 0 Å². The Labute approximate surface area is 89.1 Å². The van der Waals surface area contributed by atoms with Gasteiger partial charge in [-0.15, -0.1) is 6.58 Å². The van der Waals surface area contributed by atoms with E-state index in [1.807, 2.05) is 17.8 Å². The van der Waals surface area contributed by atoms with E-state index in [9.17, 15) is 0 Å². The first-order valence-electron chi connectivity index (χ1n) is 4.68. The summed E-state index contributed by atoms with van der Waals surface area (Å²) in [7, 11) is 0. The normalized spacial score (nSPS) is 17.2. The Morgan fingerprint density at radius 3 is 2.93 bits per heavy atom. The van der Waals surface area contributed by atoms with E-state index in [4.69, 9.17) is 0 Å². The first-order valence-corrected chi connectivity index (χ1v) is 5.50. The number of hydrogen-bond acceptors (Lipinski definition) is 2. The molecule has 0 aliphatic carbocycles. The van der Waals surface area contributed by atoms with E-state index >= 15 is 0 Å². The largest absolute Gasteiger partial charge is 0.331 e. The Morgan fingerprint density at radius 1 is 1.43 bits per heavy atom. The number of thioether (sulfide) groups is 1. The summed E-state index contributed by atoms with van der Waals surface area (Å²) < 4.78 is 0. The number of fused-ring (bicyclic) bond motifs is 1. The zero-order valence-corrected chi connectivity index (χ0v) is 9.05. The average Bonchev–Trinajstić information content (AvgIpc) is 2.58. The Bertz CT molecular complexity index is 382. The van der Waals surface area contributed by atoms with Crippen LogP contribution in [0.4, 0.5) is 5.69 Å². The molecule has 0 unspecified atom stereocenters. The molecule has 0 aromatic heterocycles. The van der Waals surface area contributed by atoms with E-state index in [0.717, 1.165) is 6.54 Å². The van der Waals surface area contributed by atoms with Gasteiger partial charge in [0.25, 0.3) is 0 Å². The zero-order valence-electron chi connectivity index (χ0n) is 8.23. The van der Waals surface area contributed by atoms with Gasteiger partial charge in [0, 0.05) is 11.4 Å². The predicted octanol–water partition coefficient (Wildman–Crippen LogP) is 3.65. The third kappa shape index (κ3) is 1.46. The SMILES string of the molecule is C=CCN1/C(=C/C)Sc2ccccc21. The van der Waals surface area contributed by atoms with Gasteiger partial charge in [0.05, 0.1) is 10.7 Å². The van der Waals surface area contributed by atoms with Gasteiger partial charge in [-0.2, -0.15) is 0 Å². The number of hydrogen-bond donors (Lipinski definition) is 0. The third-order valence-electron chi connectivity index (χ3n) is 2.20. The van der Waals surface area contributed by atoms with Crippen molar-refractivity contribution in [2.24, 2.45) is 0 Å². The van der Waals surface area contributed by atoms with Crippen LogP contribution in [-0.4, -0.2) is 6.54 Å². The molecule has 0 N–H and O–H groups in total. The van der Waals surface area contributed by atoms with Crippen molar-refractivity contribution >= 4 is 17.4 Å². The molecule has 0 bridgehead atoms. The summed E-state index contributed by atoms with van der Waals surface area (Å²) in [4.78, 5) is 3.62. The van der Waals surface area contributed by atoms with Crippen molar-refractivity contribution < 1.29 is 0 Å². The molecule has 2 heteroatoms. The van der Waals surface area contributed by atoms with Crippen molar-refractivity contribution in [3.63, 3.8) is 0 Å². The maximum Gasteiger partial charge on any atom is 0.0761 e. The highest BCUT2D eigenvalue weighted by Crippen LogP contribution is 2.45. The molecule has 0 radical (unpaired) electrons. The highest BCUT2D eigenvalue weighted by atomic mass is 32.2. The zero-order chi connectivity index (χ0) is 9.97. The minimum absolute atomic E-state index is 0.879. The molecule has 72 valence electrons. The van der Waals surface area contributed by atoms with Crippen LogP contribution in [0.15, 0.2) is 52.9 Å². The molecule has 2 rings (SSSR count). The molecule has 0 saturated heterocycles. The van der Waals surface area contributed by atoms with Gasteiger partial charge in [-0.25, -0.2) is 0 Å². The number of anilines is 1. The number of nitrogens with zero attached hydrogens (tertiary/aromatic N) is 1. The molecular formula is C12H13NS. The van der Waals surface area contributed by atoms with Crippen molar-refractivity contribution in [2.75, 3.05) is 11.4 Å². The van der Waals surface area contributed by atoms with Crippen LogP contribution in [0.25, 0.3) is 0 Å². The van der Waals surface area contributed by atoms with E-state index in [1.54, 1.807) is 0 Å². The summed E-state index contributed by atoms with van der Waals surface area (Å²) in [6, 6.07) is 8.47. The molecule has 1 aliphatic rings. The van der Waals surface area contributed by atoms with Crippen molar-refractivity contribution in [1.82, 2.24) is 0 Å². The summed E-state index contributed by atoms with van der Waals surface area (Å²) in [5.41, 5.74) is 1.30. The van der Waals surface area contributed by atoms with E-state index in [2.05, 4.69) is 48.7 Å². The van der Waals surface area contributed by atoms with E-state index in [1.165, 1.54) is 15.6 Å². The standard InChI is InChI=1S/C12H13NS/c1-3-9-13-10-7-5-6-8-11(10)14-12(13)4-2/h3-8H,1,9H2,2H3/b12-4-. The van der Waals surface area contributed by atoms with Crippen LogP contribution < -0.4 is 4.90 Å². The fourth-order valence-corrected chi connectivity index (χ4v) is 2.64. The van der Waals surface area contributed by atoms with Gasteiger partial charge in [-0.1, -0.05) is 36.0 Å². The Hall–Kier alpha value is -1.15. The second-order valence-corrected chi connectivity index (χ2v) is 4.16. The Kier molecular flexibility index (Phi) is 2.64. The second-order valence-electron chi connectivity index (χ2n) is 3.10. The van der Waals surface area contributed by atoms with Crippen molar-refractivity contribution in [3.8, 4) is 0 Å². The molecule has 1 aromatic carbocycles. The first kappa shape index (κ1) is 9.41. The van der Waals surface area contributed by atoms with Crippen LogP contribution in [0.5, 0.6) is 0 Å². The summed E-state index contributed by atoms with van der Waals surface area (Å²) >= 11 is 1.82. The topological polar surface area (TPSA) is 3.24 Å².